The van der Waals surface area contributed by atoms with E-state index in [0.717, 1.165) is 27.7 Å². The Balaban J connectivity index is 0.000000360. The molecule has 1 heterocycles. The van der Waals surface area contributed by atoms with E-state index in [9.17, 15) is 0 Å². The summed E-state index contributed by atoms with van der Waals surface area (Å²) in [4.78, 5) is 0. The van der Waals surface area contributed by atoms with Crippen molar-refractivity contribution in [2.75, 3.05) is 0 Å². The second-order valence-electron chi connectivity index (χ2n) is 3.74. The Morgan fingerprint density at radius 2 is 0.944 bits per heavy atom. The Labute approximate surface area is 132 Å². The average Bonchev–Trinajstić information content (AvgIpc) is 2.06. The standard InChI is InChI=1S/C9H12ClO.6ClH.Sb/c1-5-7(3)11-8(4)6(2)9(5)10;;;;;;;/h1-4H3;6*1H;/q+1;;;;;;;+5/p-6. The number of hydrogen-bond donors (Lipinski definition) is 0. The van der Waals surface area contributed by atoms with Crippen LogP contribution in [0.1, 0.15) is 22.6 Å². The second-order valence-corrected chi connectivity index (χ2v) is 61.0. The summed E-state index contributed by atoms with van der Waals surface area (Å²) in [5.41, 5.74) is 2.07. The molecule has 1 rings (SSSR count). The summed E-state index contributed by atoms with van der Waals surface area (Å²) in [7, 11) is 25.0. The van der Waals surface area contributed by atoms with Crippen LogP contribution in [0.5, 0.6) is 0 Å². The SMILES string of the molecule is Cc1[o+]c(C)c(C)c(Cl)c1C.[Cl][Sb-]([Cl])([Cl])([Cl])([Cl])[Cl]. The summed E-state index contributed by atoms with van der Waals surface area (Å²) in [5, 5.41) is 0.825. The van der Waals surface area contributed by atoms with E-state index in [0.29, 0.717) is 0 Å². The molecule has 0 fully saturated rings. The van der Waals surface area contributed by atoms with Crippen LogP contribution in [0.4, 0.5) is 0 Å². The van der Waals surface area contributed by atoms with Gasteiger partial charge in [-0.2, -0.15) is 0 Å². The van der Waals surface area contributed by atoms with Gasteiger partial charge in [-0.05, 0) is 13.8 Å². The number of halogens is 7. The zero-order chi connectivity index (χ0) is 15.0. The molecule has 0 bridgehead atoms. The van der Waals surface area contributed by atoms with Crippen molar-refractivity contribution in [2.24, 2.45) is 0 Å². The molecule has 0 aliphatic heterocycles. The van der Waals surface area contributed by atoms with Gasteiger partial charge in [0.15, 0.2) is 0 Å². The maximum atomic E-state index is 6.03. The van der Waals surface area contributed by atoms with Gasteiger partial charge in [0.05, 0.1) is 30.0 Å². The maximum absolute atomic E-state index is 6.03. The van der Waals surface area contributed by atoms with Crippen LogP contribution in [0.3, 0.4) is 0 Å². The van der Waals surface area contributed by atoms with Gasteiger partial charge in [-0.3, -0.25) is 0 Å². The predicted molar refractivity (Wildman–Crippen MR) is 87.9 cm³/mol. The van der Waals surface area contributed by atoms with E-state index in [1.54, 1.807) is 0 Å². The summed E-state index contributed by atoms with van der Waals surface area (Å²) in [6.07, 6.45) is 0. The van der Waals surface area contributed by atoms with E-state index in [1.165, 1.54) is 0 Å². The van der Waals surface area contributed by atoms with Crippen LogP contribution in [0, 0.1) is 27.7 Å². The predicted octanol–water partition coefficient (Wildman–Crippen LogP) is 7.20. The van der Waals surface area contributed by atoms with Crippen LogP contribution >= 0.6 is 64.6 Å². The van der Waals surface area contributed by atoms with Crippen molar-refractivity contribution < 1.29 is 4.42 Å². The summed E-state index contributed by atoms with van der Waals surface area (Å²) >= 11 is 6.03. The van der Waals surface area contributed by atoms with Gasteiger partial charge in [0.25, 0.3) is 0 Å². The Kier molecular flexibility index (Phi) is 6.28. The number of hydrogen-bond acceptors (Lipinski definition) is 0. The van der Waals surface area contributed by atoms with E-state index >= 15 is 0 Å². The first kappa shape index (κ1) is 20.0. The van der Waals surface area contributed by atoms with Crippen molar-refractivity contribution in [3.63, 3.8) is 0 Å². The summed E-state index contributed by atoms with van der Waals surface area (Å²) in [6.45, 7) is 7.78. The number of rotatable bonds is 0. The van der Waals surface area contributed by atoms with Gasteiger partial charge in [-0.15, -0.1) is 0 Å². The first-order chi connectivity index (χ1) is 7.49. The molecule has 0 N–H and O–H groups in total. The molecule has 0 aromatic carbocycles. The first-order valence-electron chi connectivity index (χ1n) is 4.61. The van der Waals surface area contributed by atoms with E-state index in [1.807, 2.05) is 27.7 Å². The Bertz CT molecular complexity index is 425. The fourth-order valence-corrected chi connectivity index (χ4v) is 1.24. The van der Waals surface area contributed by atoms with Gasteiger partial charge in [0.2, 0.25) is 0 Å². The normalized spacial score (nSPS) is 15.3. The first-order valence-corrected chi connectivity index (χ1v) is 24.4. The Hall–Kier alpha value is 2.00. The van der Waals surface area contributed by atoms with Gasteiger partial charge in [0.1, 0.15) is 0 Å². The van der Waals surface area contributed by atoms with Crippen LogP contribution in [-0.4, -0.2) is 9.14 Å². The Morgan fingerprint density at radius 3 is 1.17 bits per heavy atom. The fraction of sp³-hybridized carbons (Fsp3) is 0.444. The van der Waals surface area contributed by atoms with Gasteiger partial charge in [-0.25, -0.2) is 4.42 Å². The van der Waals surface area contributed by atoms with Crippen LogP contribution < -0.4 is 0 Å². The topological polar surface area (TPSA) is 11.3 Å². The number of aryl methyl sites for hydroxylation is 2. The van der Waals surface area contributed by atoms with Gasteiger partial charge < -0.3 is 0 Å². The summed E-state index contributed by atoms with van der Waals surface area (Å²) in [6, 6.07) is 0. The van der Waals surface area contributed by atoms with Crippen molar-refractivity contribution >= 4 is 73.7 Å². The van der Waals surface area contributed by atoms with E-state index in [2.05, 4.69) is 0 Å². The van der Waals surface area contributed by atoms with Crippen molar-refractivity contribution in [3.8, 4) is 0 Å². The molecule has 0 saturated heterocycles. The molecule has 18 heavy (non-hydrogen) atoms. The minimum atomic E-state index is -5.42. The molecule has 0 aliphatic carbocycles. The molecule has 0 radical (unpaired) electrons. The van der Waals surface area contributed by atoms with E-state index in [-0.39, 0.29) is 0 Å². The molecule has 0 spiro atoms. The van der Waals surface area contributed by atoms with E-state index in [4.69, 9.17) is 69.0 Å². The molecule has 1 aromatic rings. The fourth-order valence-electron chi connectivity index (χ4n) is 0.973. The third-order valence-electron chi connectivity index (χ3n) is 2.02. The van der Waals surface area contributed by atoms with Crippen molar-refractivity contribution in [1.82, 2.24) is 0 Å². The molecular formula is C9H12Cl7OSb. The molecular weight excluding hydrogens is 494 g/mol. The zero-order valence-corrected chi connectivity index (χ0v) is 17.8. The molecule has 108 valence electrons. The quantitative estimate of drug-likeness (QED) is 0.268. The third-order valence-corrected chi connectivity index (χ3v) is 2.59. The third kappa shape index (κ3) is 10.7. The molecule has 0 aliphatic rings. The molecule has 1 nitrogen and oxygen atoms in total. The average molecular weight is 506 g/mol. The van der Waals surface area contributed by atoms with Crippen LogP contribution in [0.25, 0.3) is 0 Å². The molecule has 9 heteroatoms. The van der Waals surface area contributed by atoms with Gasteiger partial charge in [-0.1, -0.05) is 11.6 Å². The van der Waals surface area contributed by atoms with Crippen LogP contribution in [0.15, 0.2) is 4.42 Å². The molecule has 0 amide bonds. The van der Waals surface area contributed by atoms with Crippen molar-refractivity contribution in [3.05, 3.63) is 27.7 Å². The van der Waals surface area contributed by atoms with Gasteiger partial charge >= 0.3 is 73.6 Å². The van der Waals surface area contributed by atoms with Crippen LogP contribution in [-0.2, 0) is 0 Å². The second kappa shape index (κ2) is 5.65. The zero-order valence-electron chi connectivity index (χ0n) is 10.0. The minimum absolute atomic E-state index is 0.825. The molecule has 0 atom stereocenters. The van der Waals surface area contributed by atoms with Crippen molar-refractivity contribution in [1.29, 1.82) is 0 Å². The Morgan fingerprint density at radius 1 is 0.722 bits per heavy atom. The monoisotopic (exact) mass is 502 g/mol. The van der Waals surface area contributed by atoms with Gasteiger partial charge in [0, 0.05) is 0 Å². The van der Waals surface area contributed by atoms with Crippen LogP contribution in [0.2, 0.25) is 5.02 Å². The summed E-state index contributed by atoms with van der Waals surface area (Å²) in [5.74, 6) is 1.80. The van der Waals surface area contributed by atoms with Crippen molar-refractivity contribution in [2.45, 2.75) is 27.7 Å². The molecule has 1 aromatic heterocycles. The molecule has 0 saturated carbocycles. The van der Waals surface area contributed by atoms with E-state index < -0.39 is 9.14 Å². The molecule has 0 unspecified atom stereocenters. The summed E-state index contributed by atoms with van der Waals surface area (Å²) < 4.78 is 5.44.